The van der Waals surface area contributed by atoms with Gasteiger partial charge in [0.25, 0.3) is 0 Å². The van der Waals surface area contributed by atoms with Crippen LogP contribution < -0.4 is 20.9 Å². The minimum absolute atomic E-state index is 0.0848. The predicted molar refractivity (Wildman–Crippen MR) is 136 cm³/mol. The summed E-state index contributed by atoms with van der Waals surface area (Å²) < 4.78 is 27.7. The molecule has 7 nitrogen and oxygen atoms in total. The topological polar surface area (TPSA) is 86.4 Å². The highest BCUT2D eigenvalue weighted by Crippen LogP contribution is 2.24. The zero-order valence-electron chi connectivity index (χ0n) is 19.2. The first kappa shape index (κ1) is 23.4. The van der Waals surface area contributed by atoms with Crippen LogP contribution in [-0.4, -0.2) is 43.0 Å². The summed E-state index contributed by atoms with van der Waals surface area (Å²) in [4.78, 5) is 32.3. The van der Waals surface area contributed by atoms with Crippen LogP contribution in [0.25, 0.3) is 10.9 Å². The summed E-state index contributed by atoms with van der Waals surface area (Å²) in [6, 6.07) is 15.5. The molecule has 182 valence electrons. The number of anilines is 3. The van der Waals surface area contributed by atoms with E-state index in [2.05, 4.69) is 25.8 Å². The van der Waals surface area contributed by atoms with Gasteiger partial charge in [-0.2, -0.15) is 0 Å². The van der Waals surface area contributed by atoms with Crippen molar-refractivity contribution in [2.75, 3.05) is 41.7 Å². The molecule has 0 aliphatic carbocycles. The second kappa shape index (κ2) is 10.1. The Labute approximate surface area is 206 Å². The molecule has 3 aromatic carbocycles. The highest BCUT2D eigenvalue weighted by molar-refractivity contribution is 6.11. The van der Waals surface area contributed by atoms with Crippen LogP contribution in [0.15, 0.2) is 72.9 Å². The quantitative estimate of drug-likeness (QED) is 0.352. The Morgan fingerprint density at radius 1 is 0.833 bits per heavy atom. The van der Waals surface area contributed by atoms with Crippen LogP contribution in [0, 0.1) is 11.6 Å². The van der Waals surface area contributed by atoms with E-state index in [1.54, 1.807) is 18.2 Å². The molecule has 1 aliphatic rings. The number of hydrogen-bond acceptors (Lipinski definition) is 5. The van der Waals surface area contributed by atoms with Crippen molar-refractivity contribution in [3.8, 4) is 0 Å². The van der Waals surface area contributed by atoms with Crippen molar-refractivity contribution in [2.45, 2.75) is 0 Å². The highest BCUT2D eigenvalue weighted by Gasteiger charge is 2.16. The standard InChI is InChI=1S/C27H23F2N5O2/c28-20-2-1-3-22(14-20)32-27(36)33-23-12-19(11-21(29)15-23)26(35)17-4-5-25-18(10-17)13-24(16-31-25)34-8-6-30-7-9-34/h1-5,10-16,30H,6-9H2,(H2,32,33,36). The number of hydrogen-bond donors (Lipinski definition) is 3. The number of amides is 2. The van der Waals surface area contributed by atoms with E-state index in [4.69, 9.17) is 0 Å². The first-order valence-corrected chi connectivity index (χ1v) is 11.5. The van der Waals surface area contributed by atoms with Crippen LogP contribution in [0.3, 0.4) is 0 Å². The number of piperazine rings is 1. The Kier molecular flexibility index (Phi) is 6.55. The Hall–Kier alpha value is -4.37. The zero-order valence-corrected chi connectivity index (χ0v) is 19.2. The molecule has 0 spiro atoms. The minimum atomic E-state index is -0.693. The molecule has 0 saturated carbocycles. The summed E-state index contributed by atoms with van der Waals surface area (Å²) in [5, 5.41) is 9.08. The van der Waals surface area contributed by atoms with Crippen molar-refractivity contribution in [3.05, 3.63) is 95.7 Å². The van der Waals surface area contributed by atoms with Crippen LogP contribution >= 0.6 is 0 Å². The predicted octanol–water partition coefficient (Wildman–Crippen LogP) is 4.80. The lowest BCUT2D eigenvalue weighted by Gasteiger charge is -2.29. The number of ketones is 1. The smallest absolute Gasteiger partial charge is 0.323 e. The summed E-state index contributed by atoms with van der Waals surface area (Å²) in [6.45, 7) is 3.54. The zero-order chi connectivity index (χ0) is 25.1. The Balaban J connectivity index is 1.36. The van der Waals surface area contributed by atoms with Gasteiger partial charge in [0.05, 0.1) is 17.4 Å². The number of fused-ring (bicyclic) bond motifs is 1. The van der Waals surface area contributed by atoms with Gasteiger partial charge >= 0.3 is 6.03 Å². The van der Waals surface area contributed by atoms with E-state index in [0.717, 1.165) is 61.0 Å². The van der Waals surface area contributed by atoms with Gasteiger partial charge in [-0.15, -0.1) is 0 Å². The van der Waals surface area contributed by atoms with Crippen molar-refractivity contribution >= 4 is 39.8 Å². The van der Waals surface area contributed by atoms with Crippen molar-refractivity contribution in [2.24, 2.45) is 0 Å². The van der Waals surface area contributed by atoms with Crippen LogP contribution in [0.2, 0.25) is 0 Å². The Morgan fingerprint density at radius 2 is 1.61 bits per heavy atom. The molecule has 4 aromatic rings. The van der Waals surface area contributed by atoms with E-state index in [9.17, 15) is 18.4 Å². The molecular weight excluding hydrogens is 464 g/mol. The van der Waals surface area contributed by atoms with Gasteiger partial charge in [-0.1, -0.05) is 6.07 Å². The molecule has 3 N–H and O–H groups in total. The molecule has 1 saturated heterocycles. The fourth-order valence-electron chi connectivity index (χ4n) is 4.18. The molecule has 0 unspecified atom stereocenters. The van der Waals surface area contributed by atoms with Gasteiger partial charge in [-0.05, 0) is 60.7 Å². The molecule has 1 aromatic heterocycles. The number of nitrogens with one attached hydrogen (secondary N) is 3. The van der Waals surface area contributed by atoms with E-state index >= 15 is 0 Å². The second-order valence-corrected chi connectivity index (χ2v) is 8.49. The maximum atomic E-state index is 14.4. The van der Waals surface area contributed by atoms with E-state index in [0.29, 0.717) is 5.56 Å². The number of carbonyl (C=O) groups is 2. The van der Waals surface area contributed by atoms with E-state index < -0.39 is 23.4 Å². The molecule has 36 heavy (non-hydrogen) atoms. The molecule has 0 atom stereocenters. The molecular formula is C27H23F2N5O2. The average Bonchev–Trinajstić information content (AvgIpc) is 2.87. The molecule has 0 bridgehead atoms. The molecule has 9 heteroatoms. The van der Waals surface area contributed by atoms with Gasteiger partial charge in [0, 0.05) is 54.1 Å². The third-order valence-corrected chi connectivity index (χ3v) is 5.91. The summed E-state index contributed by atoms with van der Waals surface area (Å²) in [5.74, 6) is -1.57. The molecule has 5 rings (SSSR count). The van der Waals surface area contributed by atoms with E-state index in [-0.39, 0.29) is 16.9 Å². The van der Waals surface area contributed by atoms with Gasteiger partial charge in [0.2, 0.25) is 0 Å². The van der Waals surface area contributed by atoms with E-state index in [1.165, 1.54) is 24.3 Å². The first-order valence-electron chi connectivity index (χ1n) is 11.5. The Morgan fingerprint density at radius 3 is 2.42 bits per heavy atom. The van der Waals surface area contributed by atoms with Crippen LogP contribution in [0.1, 0.15) is 15.9 Å². The van der Waals surface area contributed by atoms with Crippen molar-refractivity contribution in [1.82, 2.24) is 10.3 Å². The number of benzene rings is 3. The summed E-state index contributed by atoms with van der Waals surface area (Å²) in [6.07, 6.45) is 1.83. The van der Waals surface area contributed by atoms with Gasteiger partial charge < -0.3 is 20.9 Å². The first-order chi connectivity index (χ1) is 17.4. The number of urea groups is 1. The van der Waals surface area contributed by atoms with Crippen LogP contribution in [0.5, 0.6) is 0 Å². The maximum absolute atomic E-state index is 14.4. The van der Waals surface area contributed by atoms with Crippen LogP contribution in [0.4, 0.5) is 30.6 Å². The lowest BCUT2D eigenvalue weighted by atomic mass is 10.0. The molecule has 2 amide bonds. The highest BCUT2D eigenvalue weighted by atomic mass is 19.1. The molecule has 1 fully saturated rings. The lowest BCUT2D eigenvalue weighted by molar-refractivity contribution is 0.103. The number of rotatable bonds is 5. The average molecular weight is 488 g/mol. The normalized spacial score (nSPS) is 13.4. The van der Waals surface area contributed by atoms with Crippen molar-refractivity contribution < 1.29 is 18.4 Å². The fourth-order valence-corrected chi connectivity index (χ4v) is 4.18. The van der Waals surface area contributed by atoms with Crippen molar-refractivity contribution in [3.63, 3.8) is 0 Å². The van der Waals surface area contributed by atoms with Gasteiger partial charge in [-0.25, -0.2) is 13.6 Å². The van der Waals surface area contributed by atoms with Crippen LogP contribution in [-0.2, 0) is 0 Å². The largest absolute Gasteiger partial charge is 0.368 e. The summed E-state index contributed by atoms with van der Waals surface area (Å²) >= 11 is 0. The summed E-state index contributed by atoms with van der Waals surface area (Å²) in [7, 11) is 0. The number of aromatic nitrogens is 1. The van der Waals surface area contributed by atoms with Gasteiger partial charge in [0.1, 0.15) is 11.6 Å². The molecule has 2 heterocycles. The minimum Gasteiger partial charge on any atom is -0.368 e. The number of halogens is 2. The van der Waals surface area contributed by atoms with E-state index in [1.807, 2.05) is 12.3 Å². The number of nitrogens with zero attached hydrogens (tertiary/aromatic N) is 2. The monoisotopic (exact) mass is 487 g/mol. The SMILES string of the molecule is O=C(Nc1cccc(F)c1)Nc1cc(F)cc(C(=O)c2ccc3ncc(N4CCNCC4)cc3c2)c1. The molecule has 0 radical (unpaired) electrons. The maximum Gasteiger partial charge on any atom is 0.323 e. The number of carbonyl (C=O) groups excluding carboxylic acids is 2. The lowest BCUT2D eigenvalue weighted by Crippen LogP contribution is -2.43. The summed E-state index contributed by atoms with van der Waals surface area (Å²) in [5.41, 5.74) is 2.53. The van der Waals surface area contributed by atoms with Gasteiger partial charge in [-0.3, -0.25) is 9.78 Å². The van der Waals surface area contributed by atoms with Crippen molar-refractivity contribution in [1.29, 1.82) is 0 Å². The Bertz CT molecular complexity index is 1450. The third-order valence-electron chi connectivity index (χ3n) is 5.91. The van der Waals surface area contributed by atoms with Gasteiger partial charge in [0.15, 0.2) is 5.78 Å². The molecule has 1 aliphatic heterocycles. The number of pyridine rings is 1. The second-order valence-electron chi connectivity index (χ2n) is 8.49. The third kappa shape index (κ3) is 5.31. The fraction of sp³-hybridized carbons (Fsp3) is 0.148.